The SMILES string of the molecule is C[C@H](Sc1nnc(CNc2ccc(Cl)cc2)n1-c1ccccc1)C(=O)NN=Cc1ccc(Br)cc1. The predicted molar refractivity (Wildman–Crippen MR) is 145 cm³/mol. The Bertz CT molecular complexity index is 1300. The van der Waals surface area contributed by atoms with Gasteiger partial charge in [0, 0.05) is 20.9 Å². The van der Waals surface area contributed by atoms with Crippen LogP contribution in [0.3, 0.4) is 0 Å². The second-order valence-corrected chi connectivity index (χ2v) is 10.1. The first-order chi connectivity index (χ1) is 17.0. The van der Waals surface area contributed by atoms with Crippen LogP contribution in [0.2, 0.25) is 5.02 Å². The van der Waals surface area contributed by atoms with E-state index in [1.807, 2.05) is 90.4 Å². The first kappa shape index (κ1) is 25.0. The molecule has 0 aliphatic carbocycles. The minimum absolute atomic E-state index is 0.230. The van der Waals surface area contributed by atoms with Gasteiger partial charge in [-0.3, -0.25) is 9.36 Å². The van der Waals surface area contributed by atoms with Crippen molar-refractivity contribution in [3.63, 3.8) is 0 Å². The Hall–Kier alpha value is -3.14. The Morgan fingerprint density at radius 1 is 1.09 bits per heavy atom. The maximum absolute atomic E-state index is 12.7. The van der Waals surface area contributed by atoms with Crippen molar-refractivity contribution in [3.8, 4) is 5.69 Å². The highest BCUT2D eigenvalue weighted by Gasteiger charge is 2.21. The molecular formula is C25H22BrClN6OS. The summed E-state index contributed by atoms with van der Waals surface area (Å²) in [7, 11) is 0. The number of amides is 1. The number of hydrazone groups is 1. The Labute approximate surface area is 221 Å². The molecule has 2 N–H and O–H groups in total. The number of anilines is 1. The molecule has 0 unspecified atom stereocenters. The van der Waals surface area contributed by atoms with Gasteiger partial charge in [-0.25, -0.2) is 5.43 Å². The Morgan fingerprint density at radius 2 is 1.80 bits per heavy atom. The first-order valence-corrected chi connectivity index (χ1v) is 12.8. The van der Waals surface area contributed by atoms with Gasteiger partial charge in [0.05, 0.1) is 18.0 Å². The number of thioether (sulfide) groups is 1. The maximum Gasteiger partial charge on any atom is 0.253 e. The monoisotopic (exact) mass is 568 g/mol. The van der Waals surface area contributed by atoms with Gasteiger partial charge in [0.25, 0.3) is 5.91 Å². The van der Waals surface area contributed by atoms with Crippen molar-refractivity contribution in [2.75, 3.05) is 5.32 Å². The van der Waals surface area contributed by atoms with Gasteiger partial charge in [0.15, 0.2) is 11.0 Å². The van der Waals surface area contributed by atoms with E-state index >= 15 is 0 Å². The number of hydrogen-bond acceptors (Lipinski definition) is 6. The van der Waals surface area contributed by atoms with Crippen LogP contribution in [0.25, 0.3) is 5.69 Å². The Kier molecular flexibility index (Phi) is 8.57. The third-order valence-corrected chi connectivity index (χ3v) is 6.74. The van der Waals surface area contributed by atoms with E-state index in [9.17, 15) is 4.79 Å². The highest BCUT2D eigenvalue weighted by Crippen LogP contribution is 2.26. The number of rotatable bonds is 9. The quantitative estimate of drug-likeness (QED) is 0.148. The van der Waals surface area contributed by atoms with Gasteiger partial charge in [-0.1, -0.05) is 69.6 Å². The lowest BCUT2D eigenvalue weighted by molar-refractivity contribution is -0.120. The lowest BCUT2D eigenvalue weighted by atomic mass is 10.2. The van der Waals surface area contributed by atoms with Gasteiger partial charge in [0.1, 0.15) is 0 Å². The maximum atomic E-state index is 12.7. The van der Waals surface area contributed by atoms with Gasteiger partial charge in [-0.15, -0.1) is 10.2 Å². The van der Waals surface area contributed by atoms with E-state index in [1.54, 1.807) is 6.21 Å². The summed E-state index contributed by atoms with van der Waals surface area (Å²) < 4.78 is 2.93. The van der Waals surface area contributed by atoms with Crippen LogP contribution in [0.1, 0.15) is 18.3 Å². The molecule has 0 aliphatic rings. The minimum atomic E-state index is -0.444. The molecule has 0 saturated carbocycles. The van der Waals surface area contributed by atoms with Crippen molar-refractivity contribution < 1.29 is 4.79 Å². The normalized spacial score (nSPS) is 12.0. The largest absolute Gasteiger partial charge is 0.378 e. The van der Waals surface area contributed by atoms with E-state index in [1.165, 1.54) is 11.8 Å². The summed E-state index contributed by atoms with van der Waals surface area (Å²) in [5.74, 6) is 0.487. The van der Waals surface area contributed by atoms with Crippen molar-refractivity contribution in [2.45, 2.75) is 23.9 Å². The number of benzene rings is 3. The van der Waals surface area contributed by atoms with E-state index in [4.69, 9.17) is 11.6 Å². The van der Waals surface area contributed by atoms with E-state index in [-0.39, 0.29) is 5.91 Å². The zero-order valence-corrected chi connectivity index (χ0v) is 21.9. The van der Waals surface area contributed by atoms with Crippen LogP contribution in [0.4, 0.5) is 5.69 Å². The standard InChI is InChI=1S/C25H22BrClN6OS/c1-17(24(34)31-29-15-18-7-9-19(26)10-8-18)35-25-32-30-23(33(25)22-5-3-2-4-6-22)16-28-21-13-11-20(27)12-14-21/h2-15,17,28H,16H2,1H3,(H,31,34)/t17-/m0/s1. The van der Waals surface area contributed by atoms with Crippen molar-refractivity contribution in [1.82, 2.24) is 20.2 Å². The average molecular weight is 570 g/mol. The zero-order valence-electron chi connectivity index (χ0n) is 18.7. The second-order valence-electron chi connectivity index (χ2n) is 7.48. The summed E-state index contributed by atoms with van der Waals surface area (Å²) in [6, 6.07) is 24.9. The molecule has 1 amide bonds. The molecular weight excluding hydrogens is 548 g/mol. The van der Waals surface area contributed by atoms with Crippen molar-refractivity contribution >= 4 is 57.1 Å². The number of carbonyl (C=O) groups is 1. The Morgan fingerprint density at radius 3 is 2.51 bits per heavy atom. The Balaban J connectivity index is 1.46. The molecule has 0 saturated heterocycles. The van der Waals surface area contributed by atoms with Crippen LogP contribution in [0, 0.1) is 0 Å². The van der Waals surface area contributed by atoms with Crippen LogP contribution < -0.4 is 10.7 Å². The van der Waals surface area contributed by atoms with Crippen LogP contribution in [0.5, 0.6) is 0 Å². The molecule has 1 aromatic heterocycles. The van der Waals surface area contributed by atoms with Crippen molar-refractivity contribution in [3.05, 3.63) is 99.7 Å². The summed E-state index contributed by atoms with van der Waals surface area (Å²) in [6.07, 6.45) is 1.61. The minimum Gasteiger partial charge on any atom is -0.378 e. The van der Waals surface area contributed by atoms with Gasteiger partial charge in [0.2, 0.25) is 0 Å². The number of para-hydroxylation sites is 1. The number of nitrogens with one attached hydrogen (secondary N) is 2. The molecule has 3 aromatic carbocycles. The van der Waals surface area contributed by atoms with Crippen LogP contribution >= 0.6 is 39.3 Å². The highest BCUT2D eigenvalue weighted by atomic mass is 79.9. The molecule has 4 aromatic rings. The molecule has 0 spiro atoms. The first-order valence-electron chi connectivity index (χ1n) is 10.7. The molecule has 0 bridgehead atoms. The lowest BCUT2D eigenvalue weighted by Crippen LogP contribution is -2.27. The van der Waals surface area contributed by atoms with E-state index in [2.05, 4.69) is 42.0 Å². The van der Waals surface area contributed by atoms with Gasteiger partial charge >= 0.3 is 0 Å². The smallest absolute Gasteiger partial charge is 0.253 e. The van der Waals surface area contributed by atoms with Crippen LogP contribution in [-0.4, -0.2) is 32.1 Å². The van der Waals surface area contributed by atoms with Crippen molar-refractivity contribution in [2.24, 2.45) is 5.10 Å². The molecule has 1 heterocycles. The second kappa shape index (κ2) is 12.0. The molecule has 7 nitrogen and oxygen atoms in total. The number of halogens is 2. The number of hydrogen-bond donors (Lipinski definition) is 2. The number of nitrogens with zero attached hydrogens (tertiary/aromatic N) is 4. The molecule has 178 valence electrons. The van der Waals surface area contributed by atoms with E-state index in [0.717, 1.165) is 27.2 Å². The average Bonchev–Trinajstić information content (AvgIpc) is 3.27. The third kappa shape index (κ3) is 6.94. The van der Waals surface area contributed by atoms with Crippen LogP contribution in [0.15, 0.2) is 93.6 Å². The fourth-order valence-electron chi connectivity index (χ4n) is 3.10. The van der Waals surface area contributed by atoms with E-state index < -0.39 is 5.25 Å². The third-order valence-electron chi connectivity index (χ3n) is 4.92. The van der Waals surface area contributed by atoms with Gasteiger partial charge in [-0.05, 0) is 61.0 Å². The number of aromatic nitrogens is 3. The molecule has 1 atom stereocenters. The predicted octanol–water partition coefficient (Wildman–Crippen LogP) is 5.93. The lowest BCUT2D eigenvalue weighted by Gasteiger charge is -2.13. The zero-order chi connectivity index (χ0) is 24.6. The number of carbonyl (C=O) groups excluding carboxylic acids is 1. The molecule has 0 fully saturated rings. The fourth-order valence-corrected chi connectivity index (χ4v) is 4.37. The van der Waals surface area contributed by atoms with Gasteiger partial charge < -0.3 is 5.32 Å². The van der Waals surface area contributed by atoms with Crippen molar-refractivity contribution in [1.29, 1.82) is 0 Å². The molecule has 35 heavy (non-hydrogen) atoms. The summed E-state index contributed by atoms with van der Waals surface area (Å²) >= 11 is 10.7. The molecule has 10 heteroatoms. The fraction of sp³-hybridized carbons (Fsp3) is 0.120. The summed E-state index contributed by atoms with van der Waals surface area (Å²) in [6.45, 7) is 2.26. The van der Waals surface area contributed by atoms with Crippen LogP contribution in [-0.2, 0) is 11.3 Å². The summed E-state index contributed by atoms with van der Waals surface area (Å²) in [5.41, 5.74) is 5.32. The summed E-state index contributed by atoms with van der Waals surface area (Å²) in [4.78, 5) is 12.7. The van der Waals surface area contributed by atoms with E-state index in [0.29, 0.717) is 16.7 Å². The topological polar surface area (TPSA) is 84.2 Å². The summed E-state index contributed by atoms with van der Waals surface area (Å²) in [5, 5.41) is 17.0. The molecule has 0 radical (unpaired) electrons. The van der Waals surface area contributed by atoms with Gasteiger partial charge in [-0.2, -0.15) is 5.10 Å². The highest BCUT2D eigenvalue weighted by molar-refractivity contribution is 9.10. The molecule has 0 aliphatic heterocycles. The molecule has 4 rings (SSSR count).